The highest BCUT2D eigenvalue weighted by Gasteiger charge is 2.13. The number of thioether (sulfide) groups is 1. The topological polar surface area (TPSA) is 77.7 Å². The molecule has 0 aliphatic rings. The maximum Gasteiger partial charge on any atom is 0.326 e. The summed E-state index contributed by atoms with van der Waals surface area (Å²) in [5, 5.41) is 9.19. The van der Waals surface area contributed by atoms with E-state index in [1.165, 1.54) is 6.07 Å². The van der Waals surface area contributed by atoms with Crippen molar-refractivity contribution in [3.63, 3.8) is 0 Å². The Kier molecular flexibility index (Phi) is 6.51. The van der Waals surface area contributed by atoms with E-state index in [4.69, 9.17) is 4.74 Å². The predicted molar refractivity (Wildman–Crippen MR) is 119 cm³/mol. The zero-order valence-corrected chi connectivity index (χ0v) is 17.6. The second-order valence-electron chi connectivity index (χ2n) is 6.82. The Morgan fingerprint density at radius 3 is 2.77 bits per heavy atom. The minimum Gasteiger partial charge on any atom is -0.483 e. The highest BCUT2D eigenvalue weighted by molar-refractivity contribution is 7.99. The van der Waals surface area contributed by atoms with Crippen LogP contribution in [0.15, 0.2) is 71.1 Å². The fourth-order valence-electron chi connectivity index (χ4n) is 3.26. The summed E-state index contributed by atoms with van der Waals surface area (Å²) in [4.78, 5) is 15.0. The SMILES string of the molecule is C=CCn1c(COc2ccccc2F)nnc1SCCCn1c(=O)[nH]c2ccccc21. The molecule has 0 atom stereocenters. The van der Waals surface area contributed by atoms with Gasteiger partial charge in [-0.3, -0.25) is 9.13 Å². The van der Waals surface area contributed by atoms with Gasteiger partial charge in [-0.15, -0.1) is 16.8 Å². The maximum atomic E-state index is 13.8. The van der Waals surface area contributed by atoms with Crippen LogP contribution in [0, 0.1) is 5.82 Å². The van der Waals surface area contributed by atoms with Crippen LogP contribution < -0.4 is 10.4 Å². The molecule has 0 spiro atoms. The Labute approximate surface area is 182 Å². The highest BCUT2D eigenvalue weighted by Crippen LogP contribution is 2.21. The van der Waals surface area contributed by atoms with E-state index < -0.39 is 5.82 Å². The molecule has 1 N–H and O–H groups in total. The lowest BCUT2D eigenvalue weighted by Crippen LogP contribution is -2.17. The summed E-state index contributed by atoms with van der Waals surface area (Å²) in [7, 11) is 0. The number of allylic oxidation sites excluding steroid dienone is 1. The molecule has 160 valence electrons. The lowest BCUT2D eigenvalue weighted by molar-refractivity contribution is 0.275. The van der Waals surface area contributed by atoms with Crippen LogP contribution in [0.1, 0.15) is 12.2 Å². The van der Waals surface area contributed by atoms with Gasteiger partial charge in [-0.05, 0) is 30.7 Å². The number of rotatable bonds is 10. The first-order valence-corrected chi connectivity index (χ1v) is 10.9. The lowest BCUT2D eigenvalue weighted by Gasteiger charge is -2.09. The first kappa shape index (κ1) is 20.9. The summed E-state index contributed by atoms with van der Waals surface area (Å²) in [5.41, 5.74) is 1.64. The molecule has 0 saturated carbocycles. The van der Waals surface area contributed by atoms with E-state index in [1.54, 1.807) is 40.6 Å². The Balaban J connectivity index is 1.38. The van der Waals surface area contributed by atoms with Crippen molar-refractivity contribution in [2.75, 3.05) is 5.75 Å². The van der Waals surface area contributed by atoms with Gasteiger partial charge in [-0.25, -0.2) is 9.18 Å². The molecule has 0 amide bonds. The number of benzene rings is 2. The van der Waals surface area contributed by atoms with Crippen molar-refractivity contribution >= 4 is 22.8 Å². The Bertz CT molecular complexity index is 1250. The van der Waals surface area contributed by atoms with Gasteiger partial charge in [-0.1, -0.05) is 42.1 Å². The molecule has 2 aromatic heterocycles. The molecule has 0 unspecified atom stereocenters. The third kappa shape index (κ3) is 4.72. The van der Waals surface area contributed by atoms with E-state index in [-0.39, 0.29) is 18.0 Å². The first-order chi connectivity index (χ1) is 15.2. The van der Waals surface area contributed by atoms with Gasteiger partial charge in [0.2, 0.25) is 0 Å². The largest absolute Gasteiger partial charge is 0.483 e. The van der Waals surface area contributed by atoms with Crippen LogP contribution in [-0.4, -0.2) is 30.1 Å². The number of aryl methyl sites for hydroxylation is 1. The predicted octanol–water partition coefficient (Wildman–Crippen LogP) is 4.01. The molecule has 0 aliphatic carbocycles. The van der Waals surface area contributed by atoms with Gasteiger partial charge in [-0.2, -0.15) is 0 Å². The standard InChI is InChI=1S/C22H22FN5O2S/c1-2-12-28-20(15-30-19-11-6-3-8-16(19)23)25-26-22(28)31-14-7-13-27-18-10-5-4-9-17(18)24-21(27)29/h2-6,8-11H,1,7,12-15H2,(H,24,29). The van der Waals surface area contributed by atoms with Gasteiger partial charge in [0.05, 0.1) is 11.0 Å². The monoisotopic (exact) mass is 439 g/mol. The second-order valence-corrected chi connectivity index (χ2v) is 7.88. The van der Waals surface area contributed by atoms with Gasteiger partial charge in [0, 0.05) is 18.8 Å². The summed E-state index contributed by atoms with van der Waals surface area (Å²) in [6.45, 7) is 5.02. The molecular weight excluding hydrogens is 417 g/mol. The number of para-hydroxylation sites is 3. The fourth-order valence-corrected chi connectivity index (χ4v) is 4.15. The summed E-state index contributed by atoms with van der Waals surface area (Å²) < 4.78 is 23.0. The summed E-state index contributed by atoms with van der Waals surface area (Å²) in [5.74, 6) is 1.11. The maximum absolute atomic E-state index is 13.8. The van der Waals surface area contributed by atoms with Gasteiger partial charge < -0.3 is 9.72 Å². The van der Waals surface area contributed by atoms with Crippen LogP contribution in [0.4, 0.5) is 4.39 Å². The summed E-state index contributed by atoms with van der Waals surface area (Å²) >= 11 is 1.55. The summed E-state index contributed by atoms with van der Waals surface area (Å²) in [6.07, 6.45) is 2.54. The normalized spacial score (nSPS) is 11.1. The average molecular weight is 440 g/mol. The third-order valence-electron chi connectivity index (χ3n) is 4.74. The number of hydrogen-bond donors (Lipinski definition) is 1. The second kappa shape index (κ2) is 9.65. The number of nitrogens with zero attached hydrogens (tertiary/aromatic N) is 4. The number of aromatic amines is 1. The van der Waals surface area contributed by atoms with Crippen molar-refractivity contribution in [3.05, 3.63) is 83.3 Å². The van der Waals surface area contributed by atoms with E-state index in [1.807, 2.05) is 28.8 Å². The molecule has 31 heavy (non-hydrogen) atoms. The Morgan fingerprint density at radius 2 is 1.94 bits per heavy atom. The molecule has 0 aliphatic heterocycles. The van der Waals surface area contributed by atoms with Gasteiger partial charge in [0.25, 0.3) is 0 Å². The molecular formula is C22H22FN5O2S. The van der Waals surface area contributed by atoms with E-state index in [9.17, 15) is 9.18 Å². The zero-order chi connectivity index (χ0) is 21.6. The molecule has 9 heteroatoms. The summed E-state index contributed by atoms with van der Waals surface area (Å²) in [6, 6.07) is 13.9. The number of aromatic nitrogens is 5. The molecule has 4 aromatic rings. The van der Waals surface area contributed by atoms with Crippen LogP contribution in [0.5, 0.6) is 5.75 Å². The molecule has 2 aromatic carbocycles. The molecule has 7 nitrogen and oxygen atoms in total. The van der Waals surface area contributed by atoms with E-state index in [0.717, 1.165) is 28.4 Å². The average Bonchev–Trinajstić information content (AvgIpc) is 3.31. The minimum absolute atomic E-state index is 0.103. The third-order valence-corrected chi connectivity index (χ3v) is 5.79. The number of halogens is 1. The molecule has 0 radical (unpaired) electrons. The molecule has 0 saturated heterocycles. The smallest absolute Gasteiger partial charge is 0.326 e. The lowest BCUT2D eigenvalue weighted by atomic mass is 10.3. The number of fused-ring (bicyclic) bond motifs is 1. The number of imidazole rings is 1. The molecule has 2 heterocycles. The van der Waals surface area contributed by atoms with Crippen molar-refractivity contribution in [3.8, 4) is 5.75 Å². The van der Waals surface area contributed by atoms with Crippen molar-refractivity contribution in [1.29, 1.82) is 0 Å². The van der Waals surface area contributed by atoms with Gasteiger partial charge in [0.1, 0.15) is 6.61 Å². The van der Waals surface area contributed by atoms with Crippen molar-refractivity contribution in [2.24, 2.45) is 0 Å². The quantitative estimate of drug-likeness (QED) is 0.230. The van der Waals surface area contributed by atoms with Crippen LogP contribution in [0.3, 0.4) is 0 Å². The van der Waals surface area contributed by atoms with Crippen LogP contribution in [0.25, 0.3) is 11.0 Å². The first-order valence-electron chi connectivity index (χ1n) is 9.88. The van der Waals surface area contributed by atoms with E-state index in [2.05, 4.69) is 21.8 Å². The number of ether oxygens (including phenoxy) is 1. The highest BCUT2D eigenvalue weighted by atomic mass is 32.2. The molecule has 4 rings (SSSR count). The number of hydrogen-bond acceptors (Lipinski definition) is 5. The minimum atomic E-state index is -0.417. The molecule has 0 bridgehead atoms. The van der Waals surface area contributed by atoms with Crippen LogP contribution >= 0.6 is 11.8 Å². The Hall–Kier alpha value is -3.33. The van der Waals surface area contributed by atoms with Crippen LogP contribution in [0.2, 0.25) is 0 Å². The number of H-pyrrole nitrogens is 1. The van der Waals surface area contributed by atoms with E-state index in [0.29, 0.717) is 18.9 Å². The van der Waals surface area contributed by atoms with Crippen molar-refractivity contribution in [1.82, 2.24) is 24.3 Å². The fraction of sp³-hybridized carbons (Fsp3) is 0.227. The van der Waals surface area contributed by atoms with Gasteiger partial charge >= 0.3 is 5.69 Å². The van der Waals surface area contributed by atoms with Crippen molar-refractivity contribution < 1.29 is 9.13 Å². The van der Waals surface area contributed by atoms with Crippen molar-refractivity contribution in [2.45, 2.75) is 31.3 Å². The molecule has 0 fully saturated rings. The van der Waals surface area contributed by atoms with Gasteiger partial charge in [0.15, 0.2) is 22.5 Å². The zero-order valence-electron chi connectivity index (χ0n) is 16.8. The Morgan fingerprint density at radius 1 is 1.13 bits per heavy atom. The number of nitrogens with one attached hydrogen (secondary N) is 1. The van der Waals surface area contributed by atoms with Crippen LogP contribution in [-0.2, 0) is 19.7 Å². The van der Waals surface area contributed by atoms with E-state index >= 15 is 0 Å².